The average molecular weight is 172 g/mol. The lowest BCUT2D eigenvalue weighted by Gasteiger charge is -2.18. The van der Waals surface area contributed by atoms with Crippen molar-refractivity contribution in [3.05, 3.63) is 11.8 Å². The number of methoxy groups -OCH3 is 1. The number of allylic oxidation sites excluding steroid dienone is 1. The zero-order chi connectivity index (χ0) is 9.78. The second-order valence-corrected chi connectivity index (χ2v) is 3.49. The Balaban J connectivity index is 4.08. The summed E-state index contributed by atoms with van der Waals surface area (Å²) in [4.78, 5) is 11.0. The largest absolute Gasteiger partial charge is 0.501 e. The number of rotatable bonds is 2. The van der Waals surface area contributed by atoms with Gasteiger partial charge in [0, 0.05) is 0 Å². The molecule has 0 aromatic rings. The zero-order valence-electron chi connectivity index (χ0n) is 8.30. The molecule has 70 valence electrons. The molecule has 0 rings (SSSR count). The van der Waals surface area contributed by atoms with Gasteiger partial charge in [0.15, 0.2) is 0 Å². The van der Waals surface area contributed by atoms with Crippen LogP contribution in [0.4, 0.5) is 0 Å². The van der Waals surface area contributed by atoms with E-state index in [2.05, 4.69) is 0 Å². The molecule has 3 heteroatoms. The van der Waals surface area contributed by atoms with Crippen molar-refractivity contribution in [2.75, 3.05) is 7.11 Å². The first-order valence-corrected chi connectivity index (χ1v) is 3.80. The van der Waals surface area contributed by atoms with Gasteiger partial charge in [0.05, 0.1) is 18.9 Å². The molecule has 0 bridgehead atoms. The van der Waals surface area contributed by atoms with Crippen LogP contribution in [0.5, 0.6) is 0 Å². The van der Waals surface area contributed by atoms with Crippen molar-refractivity contribution >= 4 is 5.97 Å². The fraction of sp³-hybridized carbons (Fsp3) is 0.667. The highest BCUT2D eigenvalue weighted by atomic mass is 16.6. The van der Waals surface area contributed by atoms with Crippen LogP contribution < -0.4 is 0 Å². The van der Waals surface area contributed by atoms with E-state index in [0.717, 1.165) is 0 Å². The normalized spacial score (nSPS) is 12.6. The molecular formula is C9H16O3. The molecule has 0 spiro atoms. The summed E-state index contributed by atoms with van der Waals surface area (Å²) in [6, 6.07) is 0. The van der Waals surface area contributed by atoms with Crippen LogP contribution in [0.2, 0.25) is 0 Å². The van der Waals surface area contributed by atoms with Crippen LogP contribution in [0.3, 0.4) is 0 Å². The van der Waals surface area contributed by atoms with Gasteiger partial charge in [-0.1, -0.05) is 0 Å². The molecule has 0 aromatic heterocycles. The van der Waals surface area contributed by atoms with Crippen molar-refractivity contribution in [3.63, 3.8) is 0 Å². The maximum Gasteiger partial charge on any atom is 0.334 e. The van der Waals surface area contributed by atoms with Crippen molar-refractivity contribution in [3.8, 4) is 0 Å². The second-order valence-electron chi connectivity index (χ2n) is 3.49. The van der Waals surface area contributed by atoms with Gasteiger partial charge in [-0.15, -0.1) is 0 Å². The molecule has 12 heavy (non-hydrogen) atoms. The summed E-state index contributed by atoms with van der Waals surface area (Å²) in [6.07, 6.45) is 1.32. The minimum Gasteiger partial charge on any atom is -0.501 e. The molecule has 0 atom stereocenters. The number of hydrogen-bond donors (Lipinski definition) is 0. The maximum absolute atomic E-state index is 11.0. The quantitative estimate of drug-likeness (QED) is 0.362. The van der Waals surface area contributed by atoms with Gasteiger partial charge in [-0.3, -0.25) is 0 Å². The Hall–Kier alpha value is -0.990. The molecule has 3 nitrogen and oxygen atoms in total. The minimum atomic E-state index is -0.443. The first kappa shape index (κ1) is 11.0. The van der Waals surface area contributed by atoms with Gasteiger partial charge in [-0.25, -0.2) is 4.79 Å². The lowest BCUT2D eigenvalue weighted by Crippen LogP contribution is -2.22. The fourth-order valence-electron chi connectivity index (χ4n) is 0.556. The molecule has 0 heterocycles. The van der Waals surface area contributed by atoms with E-state index in [4.69, 9.17) is 9.47 Å². The van der Waals surface area contributed by atoms with Gasteiger partial charge in [0.2, 0.25) is 0 Å². The number of esters is 1. The molecule has 0 saturated carbocycles. The van der Waals surface area contributed by atoms with Crippen molar-refractivity contribution in [1.29, 1.82) is 0 Å². The van der Waals surface area contributed by atoms with E-state index in [9.17, 15) is 4.79 Å². The smallest absolute Gasteiger partial charge is 0.334 e. The van der Waals surface area contributed by atoms with E-state index < -0.39 is 5.60 Å². The minimum absolute atomic E-state index is 0.373. The zero-order valence-corrected chi connectivity index (χ0v) is 8.30. The third-order valence-corrected chi connectivity index (χ3v) is 1.05. The summed E-state index contributed by atoms with van der Waals surface area (Å²) >= 11 is 0. The topological polar surface area (TPSA) is 35.5 Å². The summed E-state index contributed by atoms with van der Waals surface area (Å²) < 4.78 is 9.81. The van der Waals surface area contributed by atoms with E-state index >= 15 is 0 Å². The summed E-state index contributed by atoms with van der Waals surface area (Å²) in [7, 11) is 1.51. The molecule has 0 fully saturated rings. The van der Waals surface area contributed by atoms with E-state index in [1.54, 1.807) is 6.92 Å². The lowest BCUT2D eigenvalue weighted by atomic mass is 10.2. The summed E-state index contributed by atoms with van der Waals surface area (Å²) in [5.41, 5.74) is -0.443. The first-order valence-electron chi connectivity index (χ1n) is 3.80. The van der Waals surface area contributed by atoms with Gasteiger partial charge in [0.25, 0.3) is 0 Å². The van der Waals surface area contributed by atoms with Crippen molar-refractivity contribution < 1.29 is 14.3 Å². The van der Waals surface area contributed by atoms with E-state index in [-0.39, 0.29) is 5.97 Å². The van der Waals surface area contributed by atoms with Gasteiger partial charge in [0.1, 0.15) is 5.60 Å². The van der Waals surface area contributed by atoms with Crippen molar-refractivity contribution in [2.24, 2.45) is 0 Å². The van der Waals surface area contributed by atoms with Crippen molar-refractivity contribution in [2.45, 2.75) is 33.3 Å². The molecule has 0 aliphatic carbocycles. The van der Waals surface area contributed by atoms with Crippen LogP contribution in [0.25, 0.3) is 0 Å². The van der Waals surface area contributed by atoms with Gasteiger partial charge in [-0.05, 0) is 27.7 Å². The highest BCUT2D eigenvalue weighted by Crippen LogP contribution is 2.08. The predicted octanol–water partition coefficient (Wildman–Crippen LogP) is 1.88. The molecule has 0 unspecified atom stereocenters. The van der Waals surface area contributed by atoms with Gasteiger partial charge in [-0.2, -0.15) is 0 Å². The number of hydrogen-bond acceptors (Lipinski definition) is 3. The Labute approximate surface area is 73.4 Å². The van der Waals surface area contributed by atoms with Crippen LogP contribution in [0.15, 0.2) is 11.8 Å². The molecule has 0 aliphatic rings. The first-order chi connectivity index (χ1) is 5.35. The van der Waals surface area contributed by atoms with E-state index in [1.165, 1.54) is 13.2 Å². The standard InChI is InChI=1S/C9H16O3/c1-7(11-5)6-8(10)12-9(2,3)4/h6H,1-5H3. The Morgan fingerprint density at radius 1 is 1.33 bits per heavy atom. The van der Waals surface area contributed by atoms with Crippen LogP contribution in [0, 0.1) is 0 Å². The molecule has 0 radical (unpaired) electrons. The molecule has 0 N–H and O–H groups in total. The van der Waals surface area contributed by atoms with Crippen molar-refractivity contribution in [1.82, 2.24) is 0 Å². The van der Waals surface area contributed by atoms with Gasteiger partial charge >= 0.3 is 5.97 Å². The molecule has 0 saturated heterocycles. The summed E-state index contributed by atoms with van der Waals surface area (Å²) in [6.45, 7) is 7.16. The van der Waals surface area contributed by atoms with Crippen LogP contribution in [-0.2, 0) is 14.3 Å². The summed E-state index contributed by atoms with van der Waals surface area (Å²) in [5.74, 6) is 0.172. The Morgan fingerprint density at radius 3 is 2.17 bits per heavy atom. The second kappa shape index (κ2) is 4.14. The van der Waals surface area contributed by atoms with E-state index in [1.807, 2.05) is 20.8 Å². The third kappa shape index (κ3) is 5.77. The van der Waals surface area contributed by atoms with Crippen LogP contribution in [-0.4, -0.2) is 18.7 Å². The average Bonchev–Trinajstić information content (AvgIpc) is 1.82. The Kier molecular flexibility index (Phi) is 3.80. The predicted molar refractivity (Wildman–Crippen MR) is 46.6 cm³/mol. The Morgan fingerprint density at radius 2 is 1.83 bits per heavy atom. The van der Waals surface area contributed by atoms with Crippen LogP contribution >= 0.6 is 0 Å². The van der Waals surface area contributed by atoms with Gasteiger partial charge < -0.3 is 9.47 Å². The molecule has 0 amide bonds. The number of carbonyl (C=O) groups is 1. The monoisotopic (exact) mass is 172 g/mol. The Bertz CT molecular complexity index is 186. The third-order valence-electron chi connectivity index (χ3n) is 1.05. The van der Waals surface area contributed by atoms with E-state index in [0.29, 0.717) is 5.76 Å². The maximum atomic E-state index is 11.0. The van der Waals surface area contributed by atoms with Crippen LogP contribution in [0.1, 0.15) is 27.7 Å². The SMILES string of the molecule is COC(C)=CC(=O)OC(C)(C)C. The number of ether oxygens (including phenoxy) is 2. The highest BCUT2D eigenvalue weighted by Gasteiger charge is 2.14. The number of carbonyl (C=O) groups excluding carboxylic acids is 1. The lowest BCUT2D eigenvalue weighted by molar-refractivity contribution is -0.148. The highest BCUT2D eigenvalue weighted by molar-refractivity contribution is 5.82. The molecular weight excluding hydrogens is 156 g/mol. The molecule has 0 aliphatic heterocycles. The fourth-order valence-corrected chi connectivity index (χ4v) is 0.556. The molecule has 0 aromatic carbocycles. The summed E-state index contributed by atoms with van der Waals surface area (Å²) in [5, 5.41) is 0.